The van der Waals surface area contributed by atoms with Gasteiger partial charge in [-0.25, -0.2) is 0 Å². The van der Waals surface area contributed by atoms with E-state index in [0.29, 0.717) is 11.4 Å². The zero-order chi connectivity index (χ0) is 12.6. The molecular formula is C11H12N2O4. The molecule has 90 valence electrons. The summed E-state index contributed by atoms with van der Waals surface area (Å²) in [4.78, 5) is 22.7. The first kappa shape index (κ1) is 11.4. The molecule has 0 radical (unpaired) electrons. The summed E-state index contributed by atoms with van der Waals surface area (Å²) in [6, 6.07) is 4.90. The second kappa shape index (κ2) is 3.74. The molecule has 0 aliphatic carbocycles. The Bertz CT molecular complexity index is 500. The number of hydrogen-bond donors (Lipinski definition) is 3. The Labute approximate surface area is 97.4 Å². The number of nitrogens with two attached hydrogens (primary N) is 1. The summed E-state index contributed by atoms with van der Waals surface area (Å²) in [5.41, 5.74) is 3.78. The molecule has 1 heterocycles. The van der Waals surface area contributed by atoms with Gasteiger partial charge in [-0.1, -0.05) is 6.07 Å². The van der Waals surface area contributed by atoms with E-state index in [2.05, 4.69) is 5.32 Å². The fourth-order valence-corrected chi connectivity index (χ4v) is 1.99. The second-order valence-electron chi connectivity index (χ2n) is 3.84. The van der Waals surface area contributed by atoms with Crippen LogP contribution in [0, 0.1) is 0 Å². The number of ether oxygens (including phenoxy) is 1. The molecule has 0 saturated carbocycles. The van der Waals surface area contributed by atoms with Crippen molar-refractivity contribution in [2.24, 2.45) is 5.73 Å². The lowest BCUT2D eigenvalue weighted by molar-refractivity contribution is -0.139. The molecule has 1 aliphatic rings. The van der Waals surface area contributed by atoms with E-state index in [-0.39, 0.29) is 5.56 Å². The molecule has 6 heteroatoms. The zero-order valence-electron chi connectivity index (χ0n) is 9.19. The summed E-state index contributed by atoms with van der Waals surface area (Å²) in [6.45, 7) is 0. The number of anilines is 1. The Kier molecular flexibility index (Phi) is 2.51. The summed E-state index contributed by atoms with van der Waals surface area (Å²) in [6.07, 6.45) is -0.480. The van der Waals surface area contributed by atoms with E-state index in [0.717, 1.165) is 0 Å². The summed E-state index contributed by atoms with van der Waals surface area (Å²) in [7, 11) is 1.42. The van der Waals surface area contributed by atoms with Gasteiger partial charge in [0.25, 0.3) is 5.91 Å². The summed E-state index contributed by atoms with van der Waals surface area (Å²) in [5, 5.41) is 12.8. The van der Waals surface area contributed by atoms with Crippen LogP contribution in [0.25, 0.3) is 0 Å². The molecule has 0 bridgehead atoms. The van der Waals surface area contributed by atoms with Crippen molar-refractivity contribution < 1.29 is 19.4 Å². The molecule has 17 heavy (non-hydrogen) atoms. The third-order valence-electron chi connectivity index (χ3n) is 2.71. The van der Waals surface area contributed by atoms with Gasteiger partial charge < -0.3 is 20.9 Å². The third-order valence-corrected chi connectivity index (χ3v) is 2.71. The molecule has 6 nitrogen and oxygen atoms in total. The van der Waals surface area contributed by atoms with Crippen LogP contribution in [0.15, 0.2) is 18.2 Å². The molecule has 2 amide bonds. The number of amides is 2. The van der Waals surface area contributed by atoms with E-state index in [1.807, 2.05) is 0 Å². The van der Waals surface area contributed by atoms with Crippen molar-refractivity contribution in [2.45, 2.75) is 12.0 Å². The molecule has 4 N–H and O–H groups in total. The van der Waals surface area contributed by atoms with E-state index in [1.54, 1.807) is 18.2 Å². The predicted molar refractivity (Wildman–Crippen MR) is 59.3 cm³/mol. The van der Waals surface area contributed by atoms with Crippen molar-refractivity contribution in [3.8, 4) is 5.75 Å². The maximum absolute atomic E-state index is 11.7. The lowest BCUT2D eigenvalue weighted by Gasteiger charge is -2.20. The van der Waals surface area contributed by atoms with Gasteiger partial charge >= 0.3 is 0 Å². The van der Waals surface area contributed by atoms with Crippen molar-refractivity contribution in [3.05, 3.63) is 23.8 Å². The lowest BCUT2D eigenvalue weighted by Crippen LogP contribution is -2.38. The number of nitrogens with one attached hydrogen (secondary N) is 1. The topological polar surface area (TPSA) is 102 Å². The fraction of sp³-hybridized carbons (Fsp3) is 0.273. The molecule has 0 fully saturated rings. The highest BCUT2D eigenvalue weighted by atomic mass is 16.5. The monoisotopic (exact) mass is 236 g/mol. The van der Waals surface area contributed by atoms with Gasteiger partial charge in [0.1, 0.15) is 5.75 Å². The van der Waals surface area contributed by atoms with Gasteiger partial charge in [0, 0.05) is 0 Å². The molecule has 2 rings (SSSR count). The van der Waals surface area contributed by atoms with Crippen molar-refractivity contribution in [1.82, 2.24) is 0 Å². The first-order valence-electron chi connectivity index (χ1n) is 4.98. The normalized spacial score (nSPS) is 21.9. The van der Waals surface area contributed by atoms with Crippen molar-refractivity contribution in [1.29, 1.82) is 0 Å². The minimum atomic E-state index is -1.95. The highest BCUT2D eigenvalue weighted by Crippen LogP contribution is 2.43. The number of hydrogen-bond acceptors (Lipinski definition) is 4. The second-order valence-corrected chi connectivity index (χ2v) is 3.84. The number of fused-ring (bicyclic) bond motifs is 1. The quantitative estimate of drug-likeness (QED) is 0.671. The molecule has 0 aromatic heterocycles. The maximum atomic E-state index is 11.7. The van der Waals surface area contributed by atoms with E-state index in [1.165, 1.54) is 7.11 Å². The average Bonchev–Trinajstić information content (AvgIpc) is 2.50. The van der Waals surface area contributed by atoms with Crippen LogP contribution in [0.4, 0.5) is 5.69 Å². The largest absolute Gasteiger partial charge is 0.496 e. The van der Waals surface area contributed by atoms with E-state index < -0.39 is 23.8 Å². The number of methoxy groups -OCH3 is 1. The smallest absolute Gasteiger partial charge is 0.261 e. The fourth-order valence-electron chi connectivity index (χ4n) is 1.99. The summed E-state index contributed by atoms with van der Waals surface area (Å²) >= 11 is 0. The van der Waals surface area contributed by atoms with E-state index >= 15 is 0 Å². The SMILES string of the molecule is COc1cccc2c1[C@@](O)(CC(N)=O)C(=O)N2. The summed E-state index contributed by atoms with van der Waals surface area (Å²) in [5.74, 6) is -1.10. The number of carbonyl (C=O) groups is 2. The first-order valence-corrected chi connectivity index (χ1v) is 4.98. The number of benzene rings is 1. The lowest BCUT2D eigenvalue weighted by atomic mass is 9.91. The van der Waals surface area contributed by atoms with Crippen molar-refractivity contribution in [3.63, 3.8) is 0 Å². The average molecular weight is 236 g/mol. The van der Waals surface area contributed by atoms with Gasteiger partial charge in [-0.15, -0.1) is 0 Å². The Morgan fingerprint density at radius 1 is 1.59 bits per heavy atom. The van der Waals surface area contributed by atoms with Gasteiger partial charge in [-0.2, -0.15) is 0 Å². The van der Waals surface area contributed by atoms with Crippen LogP contribution >= 0.6 is 0 Å². The molecule has 1 aromatic carbocycles. The van der Waals surface area contributed by atoms with Gasteiger partial charge in [-0.05, 0) is 12.1 Å². The zero-order valence-corrected chi connectivity index (χ0v) is 9.19. The van der Waals surface area contributed by atoms with Crippen LogP contribution in [0.5, 0.6) is 5.75 Å². The molecule has 0 saturated heterocycles. The Balaban J connectivity index is 2.59. The predicted octanol–water partition coefficient (Wildman–Crippen LogP) is -0.290. The van der Waals surface area contributed by atoms with Crippen LogP contribution in [-0.4, -0.2) is 24.0 Å². The number of carbonyl (C=O) groups excluding carboxylic acids is 2. The van der Waals surface area contributed by atoms with Crippen LogP contribution in [0.2, 0.25) is 0 Å². The minimum Gasteiger partial charge on any atom is -0.496 e. The van der Waals surface area contributed by atoms with Gasteiger partial charge in [0.15, 0.2) is 5.60 Å². The van der Waals surface area contributed by atoms with Gasteiger partial charge in [0.2, 0.25) is 5.91 Å². The Hall–Kier alpha value is -2.08. The minimum absolute atomic E-state index is 0.256. The molecule has 0 spiro atoms. The molecule has 1 aromatic rings. The number of rotatable bonds is 3. The molecular weight excluding hydrogens is 224 g/mol. The van der Waals surface area contributed by atoms with Gasteiger partial charge in [0.05, 0.1) is 24.8 Å². The maximum Gasteiger partial charge on any atom is 0.261 e. The van der Waals surface area contributed by atoms with Crippen LogP contribution in [0.3, 0.4) is 0 Å². The molecule has 0 unspecified atom stereocenters. The Morgan fingerprint density at radius 3 is 2.88 bits per heavy atom. The Morgan fingerprint density at radius 2 is 2.29 bits per heavy atom. The molecule has 1 aliphatic heterocycles. The standard InChI is InChI=1S/C11H12N2O4/c1-17-7-4-2-3-6-9(7)11(16,5-8(12)14)10(15)13-6/h2-4,16H,5H2,1H3,(H2,12,14)(H,13,15)/t11-/m0/s1. The number of primary amides is 1. The van der Waals surface area contributed by atoms with Crippen molar-refractivity contribution >= 4 is 17.5 Å². The van der Waals surface area contributed by atoms with Crippen molar-refractivity contribution in [2.75, 3.05) is 12.4 Å². The summed E-state index contributed by atoms with van der Waals surface area (Å²) < 4.78 is 5.08. The molecule has 1 atom stereocenters. The van der Waals surface area contributed by atoms with Crippen LogP contribution in [0.1, 0.15) is 12.0 Å². The van der Waals surface area contributed by atoms with Crippen LogP contribution < -0.4 is 15.8 Å². The highest BCUT2D eigenvalue weighted by molar-refractivity contribution is 6.07. The van der Waals surface area contributed by atoms with Crippen LogP contribution in [-0.2, 0) is 15.2 Å². The van der Waals surface area contributed by atoms with E-state index in [9.17, 15) is 14.7 Å². The first-order chi connectivity index (χ1) is 7.99. The third kappa shape index (κ3) is 1.62. The highest BCUT2D eigenvalue weighted by Gasteiger charge is 2.48. The van der Waals surface area contributed by atoms with Gasteiger partial charge in [-0.3, -0.25) is 9.59 Å². The number of aliphatic hydroxyl groups is 1. The van der Waals surface area contributed by atoms with E-state index in [4.69, 9.17) is 10.5 Å².